The standard InChI is InChI=1S/C11H16N4O4/c1-2-15-6-8(5-12-15)13-10(18)14-11(9(16)17)3-4-19-7-11/h5-6H,2-4,7H2,1H3,(H,16,17)(H2,13,14,18). The van der Waals surface area contributed by atoms with Gasteiger partial charge in [0.05, 0.1) is 18.5 Å². The summed E-state index contributed by atoms with van der Waals surface area (Å²) in [5.41, 5.74) is -0.830. The van der Waals surface area contributed by atoms with E-state index < -0.39 is 17.5 Å². The molecule has 1 saturated heterocycles. The first kappa shape index (κ1) is 13.3. The lowest BCUT2D eigenvalue weighted by molar-refractivity contribution is -0.144. The van der Waals surface area contributed by atoms with Gasteiger partial charge in [0.15, 0.2) is 5.54 Å². The fourth-order valence-corrected chi connectivity index (χ4v) is 1.87. The molecule has 1 unspecified atom stereocenters. The second-order valence-corrected chi connectivity index (χ2v) is 4.35. The van der Waals surface area contributed by atoms with Crippen LogP contribution in [0.1, 0.15) is 13.3 Å². The van der Waals surface area contributed by atoms with Crippen LogP contribution in [0.4, 0.5) is 10.5 Å². The molecule has 0 bridgehead atoms. The van der Waals surface area contributed by atoms with Crippen LogP contribution in [0.5, 0.6) is 0 Å². The molecule has 19 heavy (non-hydrogen) atoms. The number of hydrogen-bond donors (Lipinski definition) is 3. The highest BCUT2D eigenvalue weighted by Gasteiger charge is 2.44. The number of nitrogens with zero attached hydrogens (tertiary/aromatic N) is 2. The maximum atomic E-state index is 11.8. The highest BCUT2D eigenvalue weighted by Crippen LogP contribution is 2.19. The third-order valence-corrected chi connectivity index (χ3v) is 3.00. The normalized spacial score (nSPS) is 22.2. The van der Waals surface area contributed by atoms with Crippen LogP contribution >= 0.6 is 0 Å². The molecule has 3 N–H and O–H groups in total. The fraction of sp³-hybridized carbons (Fsp3) is 0.545. The second kappa shape index (κ2) is 5.27. The van der Waals surface area contributed by atoms with E-state index in [9.17, 15) is 14.7 Å². The van der Waals surface area contributed by atoms with Gasteiger partial charge in [-0.1, -0.05) is 0 Å². The number of carboxylic acids is 1. The molecule has 1 aromatic rings. The van der Waals surface area contributed by atoms with Crippen molar-refractivity contribution < 1.29 is 19.4 Å². The molecular weight excluding hydrogens is 252 g/mol. The van der Waals surface area contributed by atoms with Crippen LogP contribution in [0.2, 0.25) is 0 Å². The highest BCUT2D eigenvalue weighted by atomic mass is 16.5. The van der Waals surface area contributed by atoms with Gasteiger partial charge in [-0.25, -0.2) is 9.59 Å². The van der Waals surface area contributed by atoms with Gasteiger partial charge in [0.25, 0.3) is 0 Å². The van der Waals surface area contributed by atoms with E-state index in [2.05, 4.69) is 15.7 Å². The highest BCUT2D eigenvalue weighted by molar-refractivity contribution is 5.93. The summed E-state index contributed by atoms with van der Waals surface area (Å²) in [7, 11) is 0. The van der Waals surface area contributed by atoms with Gasteiger partial charge in [0.2, 0.25) is 0 Å². The molecule has 8 heteroatoms. The predicted molar refractivity (Wildman–Crippen MR) is 65.9 cm³/mol. The summed E-state index contributed by atoms with van der Waals surface area (Å²) in [6, 6.07) is -0.580. The number of ether oxygens (including phenoxy) is 1. The molecule has 0 aliphatic carbocycles. The Morgan fingerprint density at radius 2 is 2.42 bits per heavy atom. The molecule has 2 heterocycles. The van der Waals surface area contributed by atoms with Crippen LogP contribution in [0.3, 0.4) is 0 Å². The van der Waals surface area contributed by atoms with E-state index in [0.29, 0.717) is 18.8 Å². The fourth-order valence-electron chi connectivity index (χ4n) is 1.87. The van der Waals surface area contributed by atoms with Crippen molar-refractivity contribution in [1.29, 1.82) is 0 Å². The topological polar surface area (TPSA) is 105 Å². The number of nitrogens with one attached hydrogen (secondary N) is 2. The van der Waals surface area contributed by atoms with E-state index in [1.807, 2.05) is 6.92 Å². The minimum atomic E-state index is -1.34. The molecule has 0 saturated carbocycles. The van der Waals surface area contributed by atoms with Crippen molar-refractivity contribution in [3.05, 3.63) is 12.4 Å². The van der Waals surface area contributed by atoms with Crippen LogP contribution in [0, 0.1) is 0 Å². The quantitative estimate of drug-likeness (QED) is 0.726. The van der Waals surface area contributed by atoms with Crippen molar-refractivity contribution in [3.8, 4) is 0 Å². The molecule has 1 atom stereocenters. The monoisotopic (exact) mass is 268 g/mol. The van der Waals surface area contributed by atoms with Gasteiger partial charge in [-0.05, 0) is 6.92 Å². The molecule has 2 amide bonds. The average Bonchev–Trinajstić information content (AvgIpc) is 2.98. The lowest BCUT2D eigenvalue weighted by Gasteiger charge is -2.23. The van der Waals surface area contributed by atoms with E-state index in [-0.39, 0.29) is 13.0 Å². The summed E-state index contributed by atoms with van der Waals surface area (Å²) >= 11 is 0. The lowest BCUT2D eigenvalue weighted by Crippen LogP contribution is -2.56. The number of aromatic nitrogens is 2. The van der Waals surface area contributed by atoms with E-state index in [0.717, 1.165) is 0 Å². The summed E-state index contributed by atoms with van der Waals surface area (Å²) in [5.74, 6) is -1.09. The Labute approximate surface area is 109 Å². The summed E-state index contributed by atoms with van der Waals surface area (Å²) in [6.07, 6.45) is 3.42. The van der Waals surface area contributed by atoms with Crippen molar-refractivity contribution in [1.82, 2.24) is 15.1 Å². The number of aliphatic carboxylic acids is 1. The Morgan fingerprint density at radius 1 is 1.63 bits per heavy atom. The van der Waals surface area contributed by atoms with Gasteiger partial charge in [-0.3, -0.25) is 4.68 Å². The molecule has 1 aliphatic heterocycles. The average molecular weight is 268 g/mol. The molecule has 104 valence electrons. The molecule has 0 radical (unpaired) electrons. The van der Waals surface area contributed by atoms with E-state index in [4.69, 9.17) is 4.74 Å². The van der Waals surface area contributed by atoms with Crippen LogP contribution in [0.15, 0.2) is 12.4 Å². The summed E-state index contributed by atoms with van der Waals surface area (Å²) < 4.78 is 6.71. The first-order chi connectivity index (χ1) is 9.05. The molecule has 1 aromatic heterocycles. The zero-order valence-electron chi connectivity index (χ0n) is 10.5. The summed E-state index contributed by atoms with van der Waals surface area (Å²) in [4.78, 5) is 23.0. The number of hydrogen-bond acceptors (Lipinski definition) is 4. The van der Waals surface area contributed by atoms with Crippen LogP contribution < -0.4 is 10.6 Å². The van der Waals surface area contributed by atoms with E-state index in [1.54, 1.807) is 10.9 Å². The molecule has 1 aliphatic rings. The van der Waals surface area contributed by atoms with E-state index in [1.165, 1.54) is 6.20 Å². The second-order valence-electron chi connectivity index (χ2n) is 4.35. The Morgan fingerprint density at radius 3 is 2.95 bits per heavy atom. The number of amides is 2. The van der Waals surface area contributed by atoms with Crippen LogP contribution in [-0.2, 0) is 16.1 Å². The van der Waals surface area contributed by atoms with Crippen molar-refractivity contribution in [2.45, 2.75) is 25.4 Å². The zero-order chi connectivity index (χ0) is 13.9. The van der Waals surface area contributed by atoms with Gasteiger partial charge < -0.3 is 20.5 Å². The number of aryl methyl sites for hydroxylation is 1. The van der Waals surface area contributed by atoms with E-state index >= 15 is 0 Å². The molecule has 2 rings (SSSR count). The van der Waals surface area contributed by atoms with Crippen molar-refractivity contribution >= 4 is 17.7 Å². The first-order valence-electron chi connectivity index (χ1n) is 5.98. The van der Waals surface area contributed by atoms with Gasteiger partial charge in [0.1, 0.15) is 0 Å². The number of carboxylic acid groups (broad SMARTS) is 1. The van der Waals surface area contributed by atoms with Crippen LogP contribution in [0.25, 0.3) is 0 Å². The minimum absolute atomic E-state index is 0.0238. The zero-order valence-corrected chi connectivity index (χ0v) is 10.5. The third-order valence-electron chi connectivity index (χ3n) is 3.00. The van der Waals surface area contributed by atoms with Gasteiger partial charge >= 0.3 is 12.0 Å². The Balaban J connectivity index is 1.98. The van der Waals surface area contributed by atoms with Gasteiger partial charge in [0, 0.05) is 25.8 Å². The maximum Gasteiger partial charge on any atom is 0.332 e. The number of urea groups is 1. The Bertz CT molecular complexity index is 479. The third kappa shape index (κ3) is 2.84. The predicted octanol–water partition coefficient (Wildman–Crippen LogP) is 0.268. The number of rotatable bonds is 4. The van der Waals surface area contributed by atoms with Gasteiger partial charge in [-0.2, -0.15) is 5.10 Å². The van der Waals surface area contributed by atoms with Crippen molar-refractivity contribution in [2.24, 2.45) is 0 Å². The minimum Gasteiger partial charge on any atom is -0.479 e. The van der Waals surface area contributed by atoms with Crippen molar-refractivity contribution in [3.63, 3.8) is 0 Å². The number of carbonyl (C=O) groups is 2. The largest absolute Gasteiger partial charge is 0.479 e. The molecule has 0 aromatic carbocycles. The molecular formula is C11H16N4O4. The molecule has 0 spiro atoms. The van der Waals surface area contributed by atoms with Gasteiger partial charge in [-0.15, -0.1) is 0 Å². The Kier molecular flexibility index (Phi) is 3.70. The Hall–Kier alpha value is -2.09. The van der Waals surface area contributed by atoms with Crippen molar-refractivity contribution in [2.75, 3.05) is 18.5 Å². The van der Waals surface area contributed by atoms with Crippen LogP contribution in [-0.4, -0.2) is 45.6 Å². The maximum absolute atomic E-state index is 11.8. The number of carbonyl (C=O) groups excluding carboxylic acids is 1. The first-order valence-corrected chi connectivity index (χ1v) is 5.98. The number of anilines is 1. The smallest absolute Gasteiger partial charge is 0.332 e. The summed E-state index contributed by atoms with van der Waals surface area (Å²) in [6.45, 7) is 2.91. The summed E-state index contributed by atoms with van der Waals surface area (Å²) in [5, 5.41) is 18.2. The molecule has 1 fully saturated rings. The lowest BCUT2D eigenvalue weighted by atomic mass is 9.99. The SMILES string of the molecule is CCn1cc(NC(=O)NC2(C(=O)O)CCOC2)cn1. The molecule has 8 nitrogen and oxygen atoms in total.